The molecular formula is C17H26N2O3. The van der Waals surface area contributed by atoms with Crippen molar-refractivity contribution in [1.29, 1.82) is 0 Å². The van der Waals surface area contributed by atoms with Gasteiger partial charge in [0.1, 0.15) is 11.6 Å². The minimum absolute atomic E-state index is 0.0588. The van der Waals surface area contributed by atoms with Crippen LogP contribution in [-0.2, 0) is 9.53 Å². The van der Waals surface area contributed by atoms with Crippen LogP contribution in [0.15, 0.2) is 24.3 Å². The van der Waals surface area contributed by atoms with Crippen molar-refractivity contribution in [1.82, 2.24) is 5.32 Å². The molecule has 1 rings (SSSR count). The molecule has 2 N–H and O–H groups in total. The van der Waals surface area contributed by atoms with Gasteiger partial charge < -0.3 is 15.4 Å². The summed E-state index contributed by atoms with van der Waals surface area (Å²) in [6, 6.07) is 6.85. The van der Waals surface area contributed by atoms with E-state index in [1.807, 2.05) is 45.0 Å². The Bertz CT molecular complexity index is 533. The number of hydrogen-bond donors (Lipinski definition) is 2. The molecule has 0 fully saturated rings. The summed E-state index contributed by atoms with van der Waals surface area (Å²) in [6.07, 6.45) is -0.592. The van der Waals surface area contributed by atoms with Crippen LogP contribution in [0.4, 0.5) is 10.5 Å². The zero-order valence-electron chi connectivity index (χ0n) is 14.2. The summed E-state index contributed by atoms with van der Waals surface area (Å²) in [7, 11) is 0. The third kappa shape index (κ3) is 5.76. The molecule has 2 amide bonds. The Hall–Kier alpha value is -2.04. The van der Waals surface area contributed by atoms with E-state index >= 15 is 0 Å². The van der Waals surface area contributed by atoms with Crippen LogP contribution in [0, 0.1) is 12.8 Å². The average molecular weight is 306 g/mol. The number of hydrogen-bond acceptors (Lipinski definition) is 3. The van der Waals surface area contributed by atoms with Gasteiger partial charge in [0, 0.05) is 5.69 Å². The van der Waals surface area contributed by atoms with Crippen LogP contribution in [0.1, 0.15) is 40.2 Å². The quantitative estimate of drug-likeness (QED) is 0.895. The summed E-state index contributed by atoms with van der Waals surface area (Å²) in [5.74, 6) is -0.313. The van der Waals surface area contributed by atoms with Crippen molar-refractivity contribution in [3.8, 4) is 0 Å². The molecule has 0 saturated carbocycles. The molecule has 5 heteroatoms. The van der Waals surface area contributed by atoms with Crippen molar-refractivity contribution < 1.29 is 14.3 Å². The van der Waals surface area contributed by atoms with Gasteiger partial charge in [-0.15, -0.1) is 0 Å². The molecule has 0 aliphatic heterocycles. The van der Waals surface area contributed by atoms with E-state index in [2.05, 4.69) is 10.6 Å². The second-order valence-electron chi connectivity index (χ2n) is 6.67. The van der Waals surface area contributed by atoms with E-state index in [0.717, 1.165) is 11.3 Å². The number of carbonyl (C=O) groups excluding carboxylic acids is 2. The molecule has 1 aromatic rings. The topological polar surface area (TPSA) is 67.4 Å². The summed E-state index contributed by atoms with van der Waals surface area (Å²) in [5, 5.41) is 5.49. The molecule has 0 unspecified atom stereocenters. The Balaban J connectivity index is 2.77. The first kappa shape index (κ1) is 18.0. The highest BCUT2D eigenvalue weighted by atomic mass is 16.6. The van der Waals surface area contributed by atoms with Crippen LogP contribution < -0.4 is 10.6 Å². The van der Waals surface area contributed by atoms with Gasteiger partial charge in [0.15, 0.2) is 0 Å². The number of aryl methyl sites for hydroxylation is 1. The first-order valence-electron chi connectivity index (χ1n) is 7.46. The summed E-state index contributed by atoms with van der Waals surface area (Å²) in [4.78, 5) is 24.3. The molecule has 0 aliphatic rings. The zero-order valence-corrected chi connectivity index (χ0v) is 14.2. The predicted molar refractivity (Wildman–Crippen MR) is 87.8 cm³/mol. The normalized spacial score (nSPS) is 12.7. The van der Waals surface area contributed by atoms with Gasteiger partial charge in [-0.25, -0.2) is 4.79 Å². The third-order valence-corrected chi connectivity index (χ3v) is 3.02. The monoisotopic (exact) mass is 306 g/mol. The van der Waals surface area contributed by atoms with Crippen molar-refractivity contribution in [2.45, 2.75) is 53.2 Å². The van der Waals surface area contributed by atoms with Crippen molar-refractivity contribution in [2.75, 3.05) is 5.32 Å². The van der Waals surface area contributed by atoms with Crippen LogP contribution in [0.2, 0.25) is 0 Å². The molecule has 0 bridgehead atoms. The molecule has 0 heterocycles. The number of benzene rings is 1. The van der Waals surface area contributed by atoms with Gasteiger partial charge in [0.05, 0.1) is 0 Å². The lowest BCUT2D eigenvalue weighted by Gasteiger charge is -2.25. The fourth-order valence-corrected chi connectivity index (χ4v) is 1.89. The van der Waals surface area contributed by atoms with Gasteiger partial charge in [0.2, 0.25) is 5.91 Å². The standard InChI is InChI=1S/C17H26N2O3/c1-11(2)14(19-16(21)22-17(4,5)6)15(20)18-13-10-8-7-9-12(13)3/h7-11,14H,1-6H3,(H,18,20)(H,19,21)/t14-/m0/s1. The molecular weight excluding hydrogens is 280 g/mol. The van der Waals surface area contributed by atoms with Gasteiger partial charge in [-0.1, -0.05) is 32.0 Å². The van der Waals surface area contributed by atoms with E-state index in [4.69, 9.17) is 4.74 Å². The number of nitrogens with one attached hydrogen (secondary N) is 2. The van der Waals surface area contributed by atoms with Gasteiger partial charge in [-0.2, -0.15) is 0 Å². The SMILES string of the molecule is Cc1ccccc1NC(=O)[C@@H](NC(=O)OC(C)(C)C)C(C)C. The molecule has 1 aromatic carbocycles. The molecule has 5 nitrogen and oxygen atoms in total. The molecule has 22 heavy (non-hydrogen) atoms. The molecule has 0 aliphatic carbocycles. The summed E-state index contributed by atoms with van der Waals surface area (Å²) in [5.41, 5.74) is 1.11. The Labute approximate surface area is 132 Å². The average Bonchev–Trinajstić information content (AvgIpc) is 2.36. The fraction of sp³-hybridized carbons (Fsp3) is 0.529. The summed E-state index contributed by atoms with van der Waals surface area (Å²) >= 11 is 0. The minimum Gasteiger partial charge on any atom is -0.444 e. The smallest absolute Gasteiger partial charge is 0.408 e. The lowest BCUT2D eigenvalue weighted by Crippen LogP contribution is -2.48. The van der Waals surface area contributed by atoms with E-state index < -0.39 is 17.7 Å². The summed E-state index contributed by atoms with van der Waals surface area (Å²) < 4.78 is 5.21. The van der Waals surface area contributed by atoms with Crippen molar-refractivity contribution in [3.05, 3.63) is 29.8 Å². The second kappa shape index (κ2) is 7.29. The molecule has 122 valence electrons. The highest BCUT2D eigenvalue weighted by molar-refractivity contribution is 5.97. The van der Waals surface area contributed by atoms with Crippen molar-refractivity contribution in [2.24, 2.45) is 5.92 Å². The van der Waals surface area contributed by atoms with Crippen LogP contribution in [0.25, 0.3) is 0 Å². The Morgan fingerprint density at radius 1 is 1.14 bits per heavy atom. The first-order valence-corrected chi connectivity index (χ1v) is 7.46. The minimum atomic E-state index is -0.658. The third-order valence-electron chi connectivity index (χ3n) is 3.02. The number of rotatable bonds is 4. The molecule has 1 atom stereocenters. The highest BCUT2D eigenvalue weighted by Gasteiger charge is 2.27. The van der Waals surface area contributed by atoms with Crippen LogP contribution in [0.3, 0.4) is 0 Å². The van der Waals surface area contributed by atoms with Crippen LogP contribution in [-0.4, -0.2) is 23.6 Å². The fourth-order valence-electron chi connectivity index (χ4n) is 1.89. The number of para-hydroxylation sites is 1. The lowest BCUT2D eigenvalue weighted by atomic mass is 10.0. The van der Waals surface area contributed by atoms with E-state index in [0.29, 0.717) is 0 Å². The Morgan fingerprint density at radius 3 is 2.23 bits per heavy atom. The van der Waals surface area contributed by atoms with Gasteiger partial charge in [-0.3, -0.25) is 4.79 Å². The van der Waals surface area contributed by atoms with E-state index in [1.165, 1.54) is 0 Å². The molecule has 0 saturated heterocycles. The van der Waals surface area contributed by atoms with Crippen LogP contribution >= 0.6 is 0 Å². The van der Waals surface area contributed by atoms with E-state index in [-0.39, 0.29) is 11.8 Å². The number of carbonyl (C=O) groups is 2. The summed E-state index contributed by atoms with van der Waals surface area (Å²) in [6.45, 7) is 11.0. The number of ether oxygens (including phenoxy) is 1. The van der Waals surface area contributed by atoms with Crippen LogP contribution in [0.5, 0.6) is 0 Å². The number of anilines is 1. The largest absolute Gasteiger partial charge is 0.444 e. The maximum Gasteiger partial charge on any atom is 0.408 e. The van der Waals surface area contributed by atoms with Crippen molar-refractivity contribution in [3.63, 3.8) is 0 Å². The highest BCUT2D eigenvalue weighted by Crippen LogP contribution is 2.15. The van der Waals surface area contributed by atoms with E-state index in [1.54, 1.807) is 20.8 Å². The predicted octanol–water partition coefficient (Wildman–Crippen LogP) is 3.48. The molecule has 0 radical (unpaired) electrons. The van der Waals surface area contributed by atoms with Gasteiger partial charge >= 0.3 is 6.09 Å². The van der Waals surface area contributed by atoms with Gasteiger partial charge in [0.25, 0.3) is 0 Å². The lowest BCUT2D eigenvalue weighted by molar-refractivity contribution is -0.119. The maximum absolute atomic E-state index is 12.4. The van der Waals surface area contributed by atoms with Crippen molar-refractivity contribution >= 4 is 17.7 Å². The maximum atomic E-state index is 12.4. The van der Waals surface area contributed by atoms with E-state index in [9.17, 15) is 9.59 Å². The van der Waals surface area contributed by atoms with Gasteiger partial charge in [-0.05, 0) is 45.2 Å². The Morgan fingerprint density at radius 2 is 1.73 bits per heavy atom. The molecule has 0 aromatic heterocycles. The zero-order chi connectivity index (χ0) is 16.9. The second-order valence-corrected chi connectivity index (χ2v) is 6.67. The number of alkyl carbamates (subject to hydrolysis) is 1. The molecule has 0 spiro atoms. The number of amides is 2. The Kier molecular flexibility index (Phi) is 5.97. The first-order chi connectivity index (χ1) is 10.1.